The van der Waals surface area contributed by atoms with Gasteiger partial charge in [0.1, 0.15) is 12.2 Å². The number of sulfonamides is 1. The van der Waals surface area contributed by atoms with Gasteiger partial charge in [0, 0.05) is 7.05 Å². The Bertz CT molecular complexity index is 761. The first kappa shape index (κ1) is 16.1. The van der Waals surface area contributed by atoms with Crippen LogP contribution in [0.1, 0.15) is 30.1 Å². The first-order valence-electron chi connectivity index (χ1n) is 7.61. The highest BCUT2D eigenvalue weighted by atomic mass is 32.2. The largest absolute Gasteiger partial charge is 0.296 e. The molecule has 1 fully saturated rings. The Morgan fingerprint density at radius 2 is 1.87 bits per heavy atom. The normalized spacial score (nSPS) is 17.5. The summed E-state index contributed by atoms with van der Waals surface area (Å²) in [5.74, 6) is 1.43. The van der Waals surface area contributed by atoms with Gasteiger partial charge < -0.3 is 0 Å². The predicted molar refractivity (Wildman–Crippen MR) is 86.1 cm³/mol. The van der Waals surface area contributed by atoms with Crippen LogP contribution < -0.4 is 5.14 Å². The second-order valence-corrected chi connectivity index (χ2v) is 7.53. The molecule has 23 heavy (non-hydrogen) atoms. The number of primary sulfonamides is 1. The van der Waals surface area contributed by atoms with Crippen LogP contribution in [0.15, 0.2) is 35.5 Å². The fraction of sp³-hybridized carbons (Fsp3) is 0.467. The monoisotopic (exact) mass is 335 g/mol. The fourth-order valence-corrected chi connectivity index (χ4v) is 3.53. The Balaban J connectivity index is 1.59. The van der Waals surface area contributed by atoms with Gasteiger partial charge in [-0.1, -0.05) is 12.1 Å². The van der Waals surface area contributed by atoms with E-state index in [4.69, 9.17) is 5.14 Å². The van der Waals surface area contributed by atoms with Crippen LogP contribution in [0.25, 0.3) is 0 Å². The number of rotatable bonds is 4. The van der Waals surface area contributed by atoms with Crippen LogP contribution in [-0.2, 0) is 23.6 Å². The quantitative estimate of drug-likeness (QED) is 0.893. The van der Waals surface area contributed by atoms with Crippen molar-refractivity contribution >= 4 is 10.0 Å². The molecular weight excluding hydrogens is 314 g/mol. The zero-order valence-corrected chi connectivity index (χ0v) is 13.9. The van der Waals surface area contributed by atoms with E-state index in [9.17, 15) is 8.42 Å². The summed E-state index contributed by atoms with van der Waals surface area (Å²) >= 11 is 0. The number of piperidine rings is 1. The molecular formula is C15H21N5O2S. The number of nitrogens with two attached hydrogens (primary N) is 1. The van der Waals surface area contributed by atoms with Crippen LogP contribution in [-0.4, -0.2) is 41.2 Å². The van der Waals surface area contributed by atoms with Gasteiger partial charge in [-0.05, 0) is 49.5 Å². The van der Waals surface area contributed by atoms with Crippen molar-refractivity contribution in [1.82, 2.24) is 19.7 Å². The lowest BCUT2D eigenvalue weighted by atomic mass is 9.89. The number of benzene rings is 1. The first-order valence-corrected chi connectivity index (χ1v) is 9.16. The summed E-state index contributed by atoms with van der Waals surface area (Å²) in [6.45, 7) is 2.80. The summed E-state index contributed by atoms with van der Waals surface area (Å²) in [6.07, 6.45) is 3.67. The van der Waals surface area contributed by atoms with E-state index in [-0.39, 0.29) is 4.90 Å². The van der Waals surface area contributed by atoms with Gasteiger partial charge in [-0.3, -0.25) is 9.58 Å². The van der Waals surface area contributed by atoms with Gasteiger partial charge in [-0.2, -0.15) is 5.10 Å². The Morgan fingerprint density at radius 1 is 1.22 bits per heavy atom. The first-order chi connectivity index (χ1) is 10.9. The van der Waals surface area contributed by atoms with Crippen LogP contribution in [0, 0.1) is 0 Å². The van der Waals surface area contributed by atoms with Crippen LogP contribution in [0.4, 0.5) is 0 Å². The van der Waals surface area contributed by atoms with Gasteiger partial charge in [0.25, 0.3) is 0 Å². The van der Waals surface area contributed by atoms with Crippen molar-refractivity contribution in [3.05, 3.63) is 42.0 Å². The molecule has 3 rings (SSSR count). The zero-order chi connectivity index (χ0) is 16.4. The van der Waals surface area contributed by atoms with Gasteiger partial charge in [-0.15, -0.1) is 0 Å². The van der Waals surface area contributed by atoms with Crippen molar-refractivity contribution in [2.45, 2.75) is 30.2 Å². The van der Waals surface area contributed by atoms with E-state index < -0.39 is 10.0 Å². The standard InChI is InChI=1S/C15H21N5O2S/c1-19-15(17-11-18-19)10-20-8-6-13(7-9-20)12-2-4-14(5-3-12)23(16,21)22/h2-5,11,13H,6-10H2,1H3,(H2,16,21,22). The highest BCUT2D eigenvalue weighted by Gasteiger charge is 2.22. The third-order valence-electron chi connectivity index (χ3n) is 4.44. The maximum Gasteiger partial charge on any atom is 0.238 e. The predicted octanol–water partition coefficient (Wildman–Crippen LogP) is 0.842. The third kappa shape index (κ3) is 3.77. The average molecular weight is 335 g/mol. The maximum absolute atomic E-state index is 11.3. The molecule has 1 aromatic heterocycles. The second-order valence-electron chi connectivity index (χ2n) is 5.96. The molecule has 0 amide bonds. The molecule has 0 saturated carbocycles. The van der Waals surface area contributed by atoms with Gasteiger partial charge in [-0.25, -0.2) is 18.5 Å². The topological polar surface area (TPSA) is 94.1 Å². The maximum atomic E-state index is 11.3. The van der Waals surface area contributed by atoms with Gasteiger partial charge in [0.2, 0.25) is 10.0 Å². The number of aryl methyl sites for hydroxylation is 1. The Labute approximate surface area is 136 Å². The smallest absolute Gasteiger partial charge is 0.238 e. The van der Waals surface area contributed by atoms with Crippen LogP contribution in [0.3, 0.4) is 0 Å². The lowest BCUT2D eigenvalue weighted by molar-refractivity contribution is 0.198. The number of likely N-dealkylation sites (tertiary alicyclic amines) is 1. The van der Waals surface area contributed by atoms with E-state index in [2.05, 4.69) is 15.0 Å². The third-order valence-corrected chi connectivity index (χ3v) is 5.37. The molecule has 7 nitrogen and oxygen atoms in total. The van der Waals surface area contributed by atoms with Crippen molar-refractivity contribution < 1.29 is 8.42 Å². The number of nitrogens with zero attached hydrogens (tertiary/aromatic N) is 4. The van der Waals surface area contributed by atoms with Gasteiger partial charge >= 0.3 is 0 Å². The van der Waals surface area contributed by atoms with E-state index in [0.717, 1.165) is 38.3 Å². The SMILES string of the molecule is Cn1ncnc1CN1CCC(c2ccc(S(N)(=O)=O)cc2)CC1. The summed E-state index contributed by atoms with van der Waals surface area (Å²) in [6, 6.07) is 6.94. The molecule has 0 unspecified atom stereocenters. The Hall–Kier alpha value is -1.77. The molecule has 0 atom stereocenters. The molecule has 2 aromatic rings. The average Bonchev–Trinajstić information content (AvgIpc) is 2.93. The highest BCUT2D eigenvalue weighted by Crippen LogP contribution is 2.29. The molecule has 0 aliphatic carbocycles. The van der Waals surface area contributed by atoms with E-state index in [1.54, 1.807) is 23.1 Å². The molecule has 8 heteroatoms. The fourth-order valence-electron chi connectivity index (χ4n) is 3.02. The van der Waals surface area contributed by atoms with Gasteiger partial charge in [0.15, 0.2) is 0 Å². The molecule has 1 saturated heterocycles. The summed E-state index contributed by atoms with van der Waals surface area (Å²) < 4.78 is 24.4. The van der Waals surface area contributed by atoms with Crippen molar-refractivity contribution in [2.24, 2.45) is 12.2 Å². The molecule has 0 spiro atoms. The highest BCUT2D eigenvalue weighted by molar-refractivity contribution is 7.89. The molecule has 2 heterocycles. The zero-order valence-electron chi connectivity index (χ0n) is 13.1. The number of hydrogen-bond donors (Lipinski definition) is 1. The van der Waals surface area contributed by atoms with Gasteiger partial charge in [0.05, 0.1) is 11.4 Å². The minimum absolute atomic E-state index is 0.168. The molecule has 1 aliphatic heterocycles. The van der Waals surface area contributed by atoms with Crippen LogP contribution >= 0.6 is 0 Å². The van der Waals surface area contributed by atoms with Crippen molar-refractivity contribution in [1.29, 1.82) is 0 Å². The van der Waals surface area contributed by atoms with E-state index >= 15 is 0 Å². The van der Waals surface area contributed by atoms with Crippen molar-refractivity contribution in [2.75, 3.05) is 13.1 Å². The second kappa shape index (κ2) is 6.38. The summed E-state index contributed by atoms with van der Waals surface area (Å²) in [5.41, 5.74) is 1.18. The minimum atomic E-state index is -3.62. The lowest BCUT2D eigenvalue weighted by Gasteiger charge is -2.31. The van der Waals surface area contributed by atoms with E-state index in [1.807, 2.05) is 19.2 Å². The lowest BCUT2D eigenvalue weighted by Crippen LogP contribution is -2.33. The van der Waals surface area contributed by atoms with E-state index in [0.29, 0.717) is 5.92 Å². The summed E-state index contributed by atoms with van der Waals surface area (Å²) in [4.78, 5) is 6.80. The molecule has 0 bridgehead atoms. The summed E-state index contributed by atoms with van der Waals surface area (Å²) in [7, 11) is -1.71. The molecule has 2 N–H and O–H groups in total. The molecule has 0 radical (unpaired) electrons. The molecule has 124 valence electrons. The van der Waals surface area contributed by atoms with Crippen LogP contribution in [0.5, 0.6) is 0 Å². The molecule has 1 aliphatic rings. The summed E-state index contributed by atoms with van der Waals surface area (Å²) in [5, 5.41) is 9.22. The Kier molecular flexibility index (Phi) is 4.47. The minimum Gasteiger partial charge on any atom is -0.296 e. The number of hydrogen-bond acceptors (Lipinski definition) is 5. The number of aromatic nitrogens is 3. The van der Waals surface area contributed by atoms with Crippen LogP contribution in [0.2, 0.25) is 0 Å². The molecule has 1 aromatic carbocycles. The Morgan fingerprint density at radius 3 is 2.39 bits per heavy atom. The van der Waals surface area contributed by atoms with Crippen molar-refractivity contribution in [3.8, 4) is 0 Å². The van der Waals surface area contributed by atoms with Crippen molar-refractivity contribution in [3.63, 3.8) is 0 Å². The van der Waals surface area contributed by atoms with E-state index in [1.165, 1.54) is 5.56 Å².